The molecule has 2 aromatic heterocycles. The van der Waals surface area contributed by atoms with E-state index >= 15 is 0 Å². The highest BCUT2D eigenvalue weighted by molar-refractivity contribution is 7.99. The topological polar surface area (TPSA) is 107 Å². The molecule has 0 saturated carbocycles. The Kier molecular flexibility index (Phi) is 6.18. The SMILES string of the molecule is NC(=O)C1CCN(C(=O)CSc2nnc(-c3ccco3)n2Cc2ccccc2)CC1. The number of aromatic nitrogens is 3. The highest BCUT2D eigenvalue weighted by atomic mass is 32.2. The highest BCUT2D eigenvalue weighted by Gasteiger charge is 2.26. The van der Waals surface area contributed by atoms with E-state index in [1.807, 2.05) is 47.0 Å². The normalized spacial score (nSPS) is 14.7. The minimum Gasteiger partial charge on any atom is -0.461 e. The van der Waals surface area contributed by atoms with Gasteiger partial charge in [0, 0.05) is 19.0 Å². The maximum absolute atomic E-state index is 12.7. The number of amides is 2. The van der Waals surface area contributed by atoms with Crippen LogP contribution in [0.1, 0.15) is 18.4 Å². The molecule has 30 heavy (non-hydrogen) atoms. The molecule has 8 nitrogen and oxygen atoms in total. The Morgan fingerprint density at radius 2 is 1.87 bits per heavy atom. The van der Waals surface area contributed by atoms with Gasteiger partial charge in [-0.25, -0.2) is 0 Å². The van der Waals surface area contributed by atoms with Gasteiger partial charge in [0.05, 0.1) is 18.6 Å². The quantitative estimate of drug-likeness (QED) is 0.583. The van der Waals surface area contributed by atoms with E-state index in [1.165, 1.54) is 11.8 Å². The lowest BCUT2D eigenvalue weighted by Gasteiger charge is -2.30. The fourth-order valence-corrected chi connectivity index (χ4v) is 4.36. The molecule has 0 unspecified atom stereocenters. The van der Waals surface area contributed by atoms with E-state index < -0.39 is 0 Å². The average molecular weight is 426 g/mol. The third kappa shape index (κ3) is 4.56. The second-order valence-electron chi connectivity index (χ2n) is 7.20. The number of nitrogens with two attached hydrogens (primary N) is 1. The number of primary amides is 1. The molecular weight excluding hydrogens is 402 g/mol. The number of furan rings is 1. The van der Waals surface area contributed by atoms with E-state index in [-0.39, 0.29) is 23.5 Å². The van der Waals surface area contributed by atoms with E-state index in [4.69, 9.17) is 10.2 Å². The second kappa shape index (κ2) is 9.17. The summed E-state index contributed by atoms with van der Waals surface area (Å²) in [4.78, 5) is 25.8. The molecule has 0 aliphatic carbocycles. The van der Waals surface area contributed by atoms with Crippen LogP contribution in [0.4, 0.5) is 0 Å². The van der Waals surface area contributed by atoms with Crippen LogP contribution < -0.4 is 5.73 Å². The molecule has 1 aromatic carbocycles. The van der Waals surface area contributed by atoms with Crippen molar-refractivity contribution < 1.29 is 14.0 Å². The Balaban J connectivity index is 1.46. The first-order valence-corrected chi connectivity index (χ1v) is 10.8. The fraction of sp³-hybridized carbons (Fsp3) is 0.333. The van der Waals surface area contributed by atoms with E-state index in [0.717, 1.165) is 5.56 Å². The molecule has 1 saturated heterocycles. The van der Waals surface area contributed by atoms with Gasteiger partial charge in [0.25, 0.3) is 0 Å². The van der Waals surface area contributed by atoms with Crippen LogP contribution >= 0.6 is 11.8 Å². The van der Waals surface area contributed by atoms with Crippen LogP contribution in [0.3, 0.4) is 0 Å². The van der Waals surface area contributed by atoms with E-state index in [0.29, 0.717) is 49.2 Å². The van der Waals surface area contributed by atoms with Crippen molar-refractivity contribution in [2.75, 3.05) is 18.8 Å². The maximum atomic E-state index is 12.7. The average Bonchev–Trinajstić information content (AvgIpc) is 3.43. The van der Waals surface area contributed by atoms with Crippen LogP contribution in [0.25, 0.3) is 11.6 Å². The van der Waals surface area contributed by atoms with Crippen molar-refractivity contribution in [3.05, 3.63) is 54.3 Å². The smallest absolute Gasteiger partial charge is 0.233 e. The number of hydrogen-bond acceptors (Lipinski definition) is 6. The first-order valence-electron chi connectivity index (χ1n) is 9.82. The number of carbonyl (C=O) groups excluding carboxylic acids is 2. The lowest BCUT2D eigenvalue weighted by Crippen LogP contribution is -2.42. The zero-order valence-electron chi connectivity index (χ0n) is 16.4. The molecule has 1 aliphatic heterocycles. The van der Waals surface area contributed by atoms with Crippen molar-refractivity contribution >= 4 is 23.6 Å². The summed E-state index contributed by atoms with van der Waals surface area (Å²) in [6, 6.07) is 13.7. The van der Waals surface area contributed by atoms with Crippen LogP contribution in [0.15, 0.2) is 58.3 Å². The summed E-state index contributed by atoms with van der Waals surface area (Å²) in [5, 5.41) is 9.26. The first-order chi connectivity index (χ1) is 14.6. The number of piperidine rings is 1. The molecular formula is C21H23N5O3S. The molecule has 2 N–H and O–H groups in total. The van der Waals surface area contributed by atoms with Crippen molar-refractivity contribution in [2.24, 2.45) is 11.7 Å². The van der Waals surface area contributed by atoms with Gasteiger partial charge in [-0.1, -0.05) is 42.1 Å². The van der Waals surface area contributed by atoms with Gasteiger partial charge in [-0.2, -0.15) is 0 Å². The van der Waals surface area contributed by atoms with Gasteiger partial charge in [0.1, 0.15) is 0 Å². The summed E-state index contributed by atoms with van der Waals surface area (Å²) in [6.45, 7) is 1.69. The van der Waals surface area contributed by atoms with Gasteiger partial charge in [0.15, 0.2) is 10.9 Å². The molecule has 3 heterocycles. The zero-order valence-corrected chi connectivity index (χ0v) is 17.3. The molecule has 4 rings (SSSR count). The number of likely N-dealkylation sites (tertiary alicyclic amines) is 1. The molecule has 0 spiro atoms. The first kappa shape index (κ1) is 20.2. The predicted octanol–water partition coefficient (Wildman–Crippen LogP) is 2.40. The molecule has 0 radical (unpaired) electrons. The van der Waals surface area contributed by atoms with E-state index in [9.17, 15) is 9.59 Å². The molecule has 2 amide bonds. The van der Waals surface area contributed by atoms with E-state index in [1.54, 1.807) is 11.2 Å². The molecule has 0 bridgehead atoms. The van der Waals surface area contributed by atoms with Crippen molar-refractivity contribution in [1.82, 2.24) is 19.7 Å². The van der Waals surface area contributed by atoms with E-state index in [2.05, 4.69) is 10.2 Å². The number of hydrogen-bond donors (Lipinski definition) is 1. The summed E-state index contributed by atoms with van der Waals surface area (Å²) in [5.74, 6) is 1.12. The summed E-state index contributed by atoms with van der Waals surface area (Å²) < 4.78 is 7.48. The summed E-state index contributed by atoms with van der Waals surface area (Å²) in [5.41, 5.74) is 6.48. The monoisotopic (exact) mass is 425 g/mol. The van der Waals surface area contributed by atoms with Gasteiger partial charge < -0.3 is 15.1 Å². The number of nitrogens with zero attached hydrogens (tertiary/aromatic N) is 4. The molecule has 9 heteroatoms. The number of benzene rings is 1. The van der Waals surface area contributed by atoms with Gasteiger partial charge in [-0.05, 0) is 30.5 Å². The van der Waals surface area contributed by atoms with Crippen LogP contribution in [-0.2, 0) is 16.1 Å². The number of rotatable bonds is 7. The van der Waals surface area contributed by atoms with Crippen molar-refractivity contribution in [3.8, 4) is 11.6 Å². The van der Waals surface area contributed by atoms with Crippen LogP contribution in [0.5, 0.6) is 0 Å². The molecule has 156 valence electrons. The van der Waals surface area contributed by atoms with Crippen LogP contribution in [0.2, 0.25) is 0 Å². The van der Waals surface area contributed by atoms with Crippen molar-refractivity contribution in [2.45, 2.75) is 24.5 Å². The number of thioether (sulfide) groups is 1. The second-order valence-corrected chi connectivity index (χ2v) is 8.14. The Morgan fingerprint density at radius 3 is 2.53 bits per heavy atom. The Labute approximate surface area is 178 Å². The zero-order chi connectivity index (χ0) is 20.9. The fourth-order valence-electron chi connectivity index (χ4n) is 3.52. The molecule has 0 atom stereocenters. The van der Waals surface area contributed by atoms with Gasteiger partial charge in [0.2, 0.25) is 17.6 Å². The summed E-state index contributed by atoms with van der Waals surface area (Å²) >= 11 is 1.36. The van der Waals surface area contributed by atoms with Crippen molar-refractivity contribution in [3.63, 3.8) is 0 Å². The van der Waals surface area contributed by atoms with Gasteiger partial charge in [-0.15, -0.1) is 10.2 Å². The summed E-state index contributed by atoms with van der Waals surface area (Å²) in [7, 11) is 0. The molecule has 3 aromatic rings. The van der Waals surface area contributed by atoms with Gasteiger partial charge in [-0.3, -0.25) is 14.2 Å². The van der Waals surface area contributed by atoms with Gasteiger partial charge >= 0.3 is 0 Å². The Hall–Kier alpha value is -3.07. The Bertz CT molecular complexity index is 995. The predicted molar refractivity (Wildman–Crippen MR) is 112 cm³/mol. The third-order valence-electron chi connectivity index (χ3n) is 5.22. The lowest BCUT2D eigenvalue weighted by atomic mass is 9.96. The minimum atomic E-state index is -0.282. The highest BCUT2D eigenvalue weighted by Crippen LogP contribution is 2.26. The standard InChI is InChI=1S/C21H23N5O3S/c22-19(28)16-8-10-25(11-9-16)18(27)14-30-21-24-23-20(17-7-4-12-29-17)26(21)13-15-5-2-1-3-6-15/h1-7,12,16H,8-11,13-14H2,(H2,22,28). The Morgan fingerprint density at radius 1 is 1.10 bits per heavy atom. The summed E-state index contributed by atoms with van der Waals surface area (Å²) in [6.07, 6.45) is 2.85. The molecule has 1 aliphatic rings. The minimum absolute atomic E-state index is 0.0248. The van der Waals surface area contributed by atoms with Crippen molar-refractivity contribution in [1.29, 1.82) is 0 Å². The number of carbonyl (C=O) groups is 2. The maximum Gasteiger partial charge on any atom is 0.233 e. The van der Waals surface area contributed by atoms with Crippen LogP contribution in [-0.4, -0.2) is 50.3 Å². The molecule has 1 fully saturated rings. The largest absolute Gasteiger partial charge is 0.461 e. The third-order valence-corrected chi connectivity index (χ3v) is 6.17. The van der Waals surface area contributed by atoms with Crippen LogP contribution in [0, 0.1) is 5.92 Å². The lowest BCUT2D eigenvalue weighted by molar-refractivity contribution is -0.132.